The SMILES string of the molecule is CN(CCCS(=O)[O-])c1ccc(N2C[C@H]3CN(C(=O)N4CCS(=O)(=O)CC4)C[C@@H]2C(C)(C)C3)cc1. The molecule has 3 atom stereocenters. The first kappa shape index (κ1) is 26.2. The van der Waals surface area contributed by atoms with Crippen molar-refractivity contribution in [1.29, 1.82) is 0 Å². The topological polar surface area (TPSA) is 104 Å². The lowest BCUT2D eigenvalue weighted by Gasteiger charge is -2.48. The van der Waals surface area contributed by atoms with Crippen LogP contribution in [0.3, 0.4) is 0 Å². The third-order valence-electron chi connectivity index (χ3n) is 7.73. The van der Waals surface area contributed by atoms with Gasteiger partial charge < -0.3 is 24.2 Å². The molecule has 9 nitrogen and oxygen atoms in total. The van der Waals surface area contributed by atoms with Gasteiger partial charge in [0.05, 0.1) is 17.5 Å². The molecule has 4 aliphatic rings. The second-order valence-corrected chi connectivity index (χ2v) is 14.2. The summed E-state index contributed by atoms with van der Waals surface area (Å²) >= 11 is -2.01. The maximum Gasteiger partial charge on any atom is 0.320 e. The van der Waals surface area contributed by atoms with E-state index in [0.29, 0.717) is 32.0 Å². The van der Waals surface area contributed by atoms with Crippen LogP contribution in [-0.2, 0) is 20.9 Å². The lowest BCUT2D eigenvalue weighted by molar-refractivity contribution is 0.153. The molecule has 4 saturated heterocycles. The first-order valence-electron chi connectivity index (χ1n) is 12.3. The van der Waals surface area contributed by atoms with Crippen LogP contribution in [0.5, 0.6) is 0 Å². The second kappa shape index (κ2) is 10.3. The summed E-state index contributed by atoms with van der Waals surface area (Å²) < 4.78 is 45.2. The van der Waals surface area contributed by atoms with Crippen LogP contribution >= 0.6 is 0 Å². The van der Waals surface area contributed by atoms with E-state index in [2.05, 4.69) is 47.9 Å². The number of fused-ring (bicyclic) bond motifs is 4. The molecule has 4 heterocycles. The van der Waals surface area contributed by atoms with Gasteiger partial charge in [0, 0.05) is 63.4 Å². The molecule has 5 rings (SSSR count). The Bertz CT molecular complexity index is 1030. The Labute approximate surface area is 211 Å². The highest BCUT2D eigenvalue weighted by atomic mass is 32.2. The Hall–Kier alpha value is -1.85. The van der Waals surface area contributed by atoms with Crippen LogP contribution in [0.1, 0.15) is 26.7 Å². The summed E-state index contributed by atoms with van der Waals surface area (Å²) in [6.45, 7) is 7.99. The van der Waals surface area contributed by atoms with Gasteiger partial charge in [-0.25, -0.2) is 13.2 Å². The van der Waals surface area contributed by atoms with Crippen LogP contribution in [-0.4, -0.2) is 103 Å². The van der Waals surface area contributed by atoms with Crippen LogP contribution < -0.4 is 9.80 Å². The zero-order valence-corrected chi connectivity index (χ0v) is 22.5. The molecule has 2 amide bonds. The van der Waals surface area contributed by atoms with Gasteiger partial charge in [-0.3, -0.25) is 4.21 Å². The number of rotatable bonds is 6. The van der Waals surface area contributed by atoms with E-state index in [0.717, 1.165) is 24.3 Å². The van der Waals surface area contributed by atoms with E-state index >= 15 is 0 Å². The third kappa shape index (κ3) is 6.11. The summed E-state index contributed by atoms with van der Waals surface area (Å²) in [7, 11) is -1.06. The minimum absolute atomic E-state index is 0.0344. The first-order chi connectivity index (χ1) is 16.4. The van der Waals surface area contributed by atoms with Crippen molar-refractivity contribution in [2.75, 3.05) is 73.4 Å². The largest absolute Gasteiger partial charge is 0.772 e. The summed E-state index contributed by atoms with van der Waals surface area (Å²) in [5.41, 5.74) is 2.21. The quantitative estimate of drug-likeness (QED) is 0.522. The summed E-state index contributed by atoms with van der Waals surface area (Å²) in [5.74, 6) is 0.604. The molecule has 1 aromatic carbocycles. The second-order valence-electron chi connectivity index (χ2n) is 10.9. The fraction of sp³-hybridized carbons (Fsp3) is 0.708. The van der Waals surface area contributed by atoms with Crippen LogP contribution in [0.15, 0.2) is 24.3 Å². The number of carbonyl (C=O) groups is 1. The van der Waals surface area contributed by atoms with Gasteiger partial charge >= 0.3 is 6.03 Å². The smallest absolute Gasteiger partial charge is 0.320 e. The number of amides is 2. The zero-order chi connectivity index (χ0) is 25.4. The Balaban J connectivity index is 1.46. The fourth-order valence-electron chi connectivity index (χ4n) is 5.83. The van der Waals surface area contributed by atoms with Gasteiger partial charge in [0.1, 0.15) is 0 Å². The van der Waals surface area contributed by atoms with E-state index in [9.17, 15) is 22.0 Å². The van der Waals surface area contributed by atoms with Crippen molar-refractivity contribution in [3.05, 3.63) is 24.3 Å². The van der Waals surface area contributed by atoms with E-state index in [1.165, 1.54) is 0 Å². The van der Waals surface area contributed by atoms with Crippen molar-refractivity contribution in [2.45, 2.75) is 32.7 Å². The highest BCUT2D eigenvalue weighted by Crippen LogP contribution is 2.43. The van der Waals surface area contributed by atoms with Crippen molar-refractivity contribution in [3.8, 4) is 0 Å². The number of carbonyl (C=O) groups excluding carboxylic acids is 1. The molecule has 0 aliphatic carbocycles. The average Bonchev–Trinajstić information content (AvgIpc) is 3.05. The Kier molecular flexibility index (Phi) is 7.68. The lowest BCUT2D eigenvalue weighted by Crippen LogP contribution is -2.55. The molecule has 2 bridgehead atoms. The minimum Gasteiger partial charge on any atom is -0.772 e. The highest BCUT2D eigenvalue weighted by Gasteiger charge is 2.47. The standard InChI is InChI=1S/C24H38N4O5S2/c1-24(2)15-19-16-27(23(29)26-10-13-35(32,33)14-11-26)18-22(24)28(17-19)21-7-5-20(6-8-21)25(3)9-4-12-34(30)31/h5-8,19,22H,4,9-18H2,1-3H3,(H,30,31)/p-1/t19-,22-/m1/s1. The Morgan fingerprint density at radius 2 is 1.77 bits per heavy atom. The van der Waals surface area contributed by atoms with Gasteiger partial charge in [-0.1, -0.05) is 24.9 Å². The molecule has 196 valence electrons. The summed E-state index contributed by atoms with van der Waals surface area (Å²) in [6.07, 6.45) is 1.64. The number of anilines is 2. The summed E-state index contributed by atoms with van der Waals surface area (Å²) in [6, 6.07) is 8.52. The molecule has 0 saturated carbocycles. The fourth-order valence-corrected chi connectivity index (χ4v) is 7.39. The normalized spacial score (nSPS) is 26.3. The van der Waals surface area contributed by atoms with Gasteiger partial charge in [-0.15, -0.1) is 0 Å². The van der Waals surface area contributed by atoms with Crippen LogP contribution in [0, 0.1) is 11.3 Å². The predicted octanol–water partition coefficient (Wildman–Crippen LogP) is 1.78. The molecule has 11 heteroatoms. The number of hydrogen-bond donors (Lipinski definition) is 0. The third-order valence-corrected chi connectivity index (χ3v) is 9.96. The number of sulfone groups is 1. The van der Waals surface area contributed by atoms with Gasteiger partial charge in [-0.05, 0) is 48.4 Å². The maximum atomic E-state index is 13.3. The highest BCUT2D eigenvalue weighted by molar-refractivity contribution is 7.91. The molecule has 0 N–H and O–H groups in total. The van der Waals surface area contributed by atoms with E-state index < -0.39 is 20.9 Å². The minimum atomic E-state index is -3.03. The summed E-state index contributed by atoms with van der Waals surface area (Å²) in [5, 5.41) is 0. The molecular formula is C24H37N4O5S2-. The number of hydrogen-bond acceptors (Lipinski definition) is 7. The van der Waals surface area contributed by atoms with Gasteiger partial charge in [0.25, 0.3) is 0 Å². The van der Waals surface area contributed by atoms with E-state index in [1.54, 1.807) is 4.90 Å². The van der Waals surface area contributed by atoms with Crippen molar-refractivity contribution >= 4 is 38.3 Å². The lowest BCUT2D eigenvalue weighted by atomic mass is 9.73. The van der Waals surface area contributed by atoms with Crippen molar-refractivity contribution in [1.82, 2.24) is 9.80 Å². The molecule has 0 spiro atoms. The molecule has 4 fully saturated rings. The molecule has 1 aromatic rings. The van der Waals surface area contributed by atoms with E-state index in [4.69, 9.17) is 0 Å². The maximum absolute atomic E-state index is 13.3. The predicted molar refractivity (Wildman–Crippen MR) is 138 cm³/mol. The number of piperidine rings is 1. The molecule has 0 radical (unpaired) electrons. The molecule has 35 heavy (non-hydrogen) atoms. The Morgan fingerprint density at radius 3 is 2.40 bits per heavy atom. The monoisotopic (exact) mass is 525 g/mol. The first-order valence-corrected chi connectivity index (χ1v) is 15.4. The van der Waals surface area contributed by atoms with Crippen molar-refractivity contribution in [2.24, 2.45) is 11.3 Å². The molecule has 1 unspecified atom stereocenters. The van der Waals surface area contributed by atoms with E-state index in [-0.39, 0.29) is 47.8 Å². The van der Waals surface area contributed by atoms with Gasteiger partial charge in [0.15, 0.2) is 9.84 Å². The Morgan fingerprint density at radius 1 is 1.11 bits per heavy atom. The molecule has 4 aliphatic heterocycles. The van der Waals surface area contributed by atoms with Crippen molar-refractivity contribution < 1.29 is 22.0 Å². The zero-order valence-electron chi connectivity index (χ0n) is 20.9. The van der Waals surface area contributed by atoms with Crippen LogP contribution in [0.4, 0.5) is 16.2 Å². The van der Waals surface area contributed by atoms with E-state index in [1.807, 2.05) is 11.9 Å². The molecule has 0 aromatic heterocycles. The van der Waals surface area contributed by atoms with Gasteiger partial charge in [0.2, 0.25) is 0 Å². The number of nitrogens with zero attached hydrogens (tertiary/aromatic N) is 4. The van der Waals surface area contributed by atoms with Crippen molar-refractivity contribution in [3.63, 3.8) is 0 Å². The van der Waals surface area contributed by atoms with Crippen LogP contribution in [0.25, 0.3) is 0 Å². The molecular weight excluding hydrogens is 488 g/mol. The van der Waals surface area contributed by atoms with Gasteiger partial charge in [-0.2, -0.15) is 0 Å². The van der Waals surface area contributed by atoms with Crippen LogP contribution in [0.2, 0.25) is 0 Å². The summed E-state index contributed by atoms with van der Waals surface area (Å²) in [4.78, 5) is 21.5. The average molecular weight is 526 g/mol. The number of urea groups is 1. The number of benzene rings is 1.